The topological polar surface area (TPSA) is 46.6 Å². The second-order valence-electron chi connectivity index (χ2n) is 3.76. The normalized spacial score (nSPS) is 17.8. The Morgan fingerprint density at radius 3 is 2.20 bits per heavy atom. The fourth-order valence-electron chi connectivity index (χ4n) is 1.63. The molecule has 0 bridgehead atoms. The highest BCUT2D eigenvalue weighted by molar-refractivity contribution is 5.78. The van der Waals surface area contributed by atoms with Gasteiger partial charge in [-0.05, 0) is 32.9 Å². The van der Waals surface area contributed by atoms with Gasteiger partial charge in [-0.2, -0.15) is 0 Å². The van der Waals surface area contributed by atoms with Crippen LogP contribution in [0.25, 0.3) is 0 Å². The van der Waals surface area contributed by atoms with Crippen LogP contribution >= 0.6 is 0 Å². The number of ketones is 1. The van der Waals surface area contributed by atoms with Crippen molar-refractivity contribution in [3.8, 4) is 0 Å². The van der Waals surface area contributed by atoms with Crippen molar-refractivity contribution in [3.05, 3.63) is 0 Å². The Labute approximate surface area is 91.6 Å². The molecule has 4 heteroatoms. The number of Topliss-reactive ketones (excluding diaryl/α,β-unsaturated/α-hetero) is 1. The highest BCUT2D eigenvalue weighted by Crippen LogP contribution is 2.16. The number of hydrogen-bond donors (Lipinski definition) is 0. The first-order valence-electron chi connectivity index (χ1n) is 5.22. The fraction of sp³-hybridized carbons (Fsp3) is 0.818. The maximum absolute atomic E-state index is 11.0. The highest BCUT2D eigenvalue weighted by atomic mass is 16.4. The van der Waals surface area contributed by atoms with Crippen molar-refractivity contribution in [2.45, 2.75) is 19.8 Å². The molecule has 0 aromatic rings. The lowest BCUT2D eigenvalue weighted by Crippen LogP contribution is -2.36. The molecule has 0 aromatic carbocycles. The fourth-order valence-corrected chi connectivity index (χ4v) is 1.63. The minimum atomic E-state index is 0.243. The van der Waals surface area contributed by atoms with E-state index in [0.717, 1.165) is 32.2 Å². The summed E-state index contributed by atoms with van der Waals surface area (Å²) >= 11 is 0. The number of methoxy groups -OCH3 is 1. The van der Waals surface area contributed by atoms with E-state index in [0.29, 0.717) is 12.3 Å². The predicted octanol–water partition coefficient (Wildman–Crippen LogP) is 0.749. The number of likely N-dealkylation sites (tertiary alicyclic amines) is 1. The Bertz CT molecular complexity index is 186. The first-order valence-corrected chi connectivity index (χ1v) is 5.22. The van der Waals surface area contributed by atoms with Crippen LogP contribution in [0.15, 0.2) is 0 Å². The molecule has 1 fully saturated rings. The Morgan fingerprint density at radius 2 is 1.87 bits per heavy atom. The van der Waals surface area contributed by atoms with Crippen LogP contribution in [0.2, 0.25) is 0 Å². The second kappa shape index (κ2) is 8.56. The summed E-state index contributed by atoms with van der Waals surface area (Å²) in [7, 11) is 3.25. The van der Waals surface area contributed by atoms with E-state index in [1.807, 2.05) is 0 Å². The number of hydrogen-bond acceptors (Lipinski definition) is 4. The molecule has 0 unspecified atom stereocenters. The smallest absolute Gasteiger partial charge is 0.133 e. The summed E-state index contributed by atoms with van der Waals surface area (Å²) in [6, 6.07) is 0. The third-order valence-electron chi connectivity index (χ3n) is 2.50. The monoisotopic (exact) mass is 215 g/mol. The molecule has 0 radical (unpaired) electrons. The third-order valence-corrected chi connectivity index (χ3v) is 2.50. The van der Waals surface area contributed by atoms with E-state index in [2.05, 4.69) is 9.64 Å². The van der Waals surface area contributed by atoms with Crippen molar-refractivity contribution in [1.29, 1.82) is 0 Å². The lowest BCUT2D eigenvalue weighted by atomic mass is 9.93. The largest absolute Gasteiger partial charge is 0.388 e. The molecule has 0 atom stereocenters. The van der Waals surface area contributed by atoms with E-state index in [-0.39, 0.29) is 5.92 Å². The standard InChI is InChI=1S/C9H15NO2.C2H6O/c1-8(12)9-2-4-10(5-3-9)6-7-11;1-3-2/h7,9H,2-6H2,1H3;1-2H3. The minimum absolute atomic E-state index is 0.243. The number of piperidine rings is 1. The van der Waals surface area contributed by atoms with Crippen molar-refractivity contribution >= 4 is 12.1 Å². The second-order valence-corrected chi connectivity index (χ2v) is 3.76. The minimum Gasteiger partial charge on any atom is -0.388 e. The number of carbonyl (C=O) groups excluding carboxylic acids is 2. The molecule has 88 valence electrons. The lowest BCUT2D eigenvalue weighted by molar-refractivity contribution is -0.122. The van der Waals surface area contributed by atoms with Gasteiger partial charge in [-0.25, -0.2) is 0 Å². The Kier molecular flexibility index (Phi) is 8.14. The van der Waals surface area contributed by atoms with Gasteiger partial charge < -0.3 is 9.53 Å². The summed E-state index contributed by atoms with van der Waals surface area (Å²) in [5, 5.41) is 0. The summed E-state index contributed by atoms with van der Waals surface area (Å²) in [5.41, 5.74) is 0. The summed E-state index contributed by atoms with van der Waals surface area (Å²) in [5.74, 6) is 0.536. The average molecular weight is 215 g/mol. The van der Waals surface area contributed by atoms with Crippen molar-refractivity contribution in [2.24, 2.45) is 5.92 Å². The maximum Gasteiger partial charge on any atom is 0.133 e. The molecule has 0 saturated carbocycles. The van der Waals surface area contributed by atoms with Gasteiger partial charge in [0.25, 0.3) is 0 Å². The Morgan fingerprint density at radius 1 is 1.40 bits per heavy atom. The zero-order valence-corrected chi connectivity index (χ0v) is 9.86. The van der Waals surface area contributed by atoms with Gasteiger partial charge in [0.05, 0.1) is 6.54 Å². The quantitative estimate of drug-likeness (QED) is 0.652. The van der Waals surface area contributed by atoms with E-state index in [1.54, 1.807) is 21.1 Å². The van der Waals surface area contributed by atoms with Gasteiger partial charge in [-0.1, -0.05) is 0 Å². The number of nitrogens with zero attached hydrogens (tertiary/aromatic N) is 1. The maximum atomic E-state index is 11.0. The first kappa shape index (κ1) is 14.3. The van der Waals surface area contributed by atoms with Crippen molar-refractivity contribution in [2.75, 3.05) is 33.9 Å². The molecule has 0 amide bonds. The lowest BCUT2D eigenvalue weighted by Gasteiger charge is -2.28. The van der Waals surface area contributed by atoms with Gasteiger partial charge in [0.15, 0.2) is 0 Å². The molecule has 1 saturated heterocycles. The third kappa shape index (κ3) is 6.36. The molecule has 1 aliphatic heterocycles. The van der Waals surface area contributed by atoms with Crippen LogP contribution in [0, 0.1) is 5.92 Å². The van der Waals surface area contributed by atoms with Crippen LogP contribution < -0.4 is 0 Å². The van der Waals surface area contributed by atoms with Gasteiger partial charge in [-0.3, -0.25) is 9.69 Å². The van der Waals surface area contributed by atoms with Crippen LogP contribution in [0.1, 0.15) is 19.8 Å². The number of aldehydes is 1. The van der Waals surface area contributed by atoms with Crippen LogP contribution in [0.3, 0.4) is 0 Å². The molecule has 0 N–H and O–H groups in total. The van der Waals surface area contributed by atoms with E-state index in [4.69, 9.17) is 0 Å². The summed E-state index contributed by atoms with van der Waals surface area (Å²) < 4.78 is 4.25. The van der Waals surface area contributed by atoms with E-state index in [9.17, 15) is 9.59 Å². The molecule has 1 heterocycles. The zero-order valence-electron chi connectivity index (χ0n) is 9.86. The van der Waals surface area contributed by atoms with Crippen molar-refractivity contribution in [3.63, 3.8) is 0 Å². The van der Waals surface area contributed by atoms with Crippen molar-refractivity contribution < 1.29 is 14.3 Å². The molecular formula is C11H21NO3. The van der Waals surface area contributed by atoms with E-state index < -0.39 is 0 Å². The van der Waals surface area contributed by atoms with Crippen LogP contribution in [0.4, 0.5) is 0 Å². The number of rotatable bonds is 3. The van der Waals surface area contributed by atoms with E-state index >= 15 is 0 Å². The predicted molar refractivity (Wildman–Crippen MR) is 58.8 cm³/mol. The van der Waals surface area contributed by atoms with Gasteiger partial charge in [0.1, 0.15) is 12.1 Å². The van der Waals surface area contributed by atoms with E-state index in [1.165, 1.54) is 0 Å². The molecule has 0 aromatic heterocycles. The zero-order chi connectivity index (χ0) is 11.7. The average Bonchev–Trinajstić information content (AvgIpc) is 2.20. The number of ether oxygens (including phenoxy) is 1. The summed E-state index contributed by atoms with van der Waals surface area (Å²) in [6.45, 7) is 3.96. The molecule has 15 heavy (non-hydrogen) atoms. The molecule has 1 rings (SSSR count). The molecule has 0 aliphatic carbocycles. The number of carbonyl (C=O) groups is 2. The first-order chi connectivity index (χ1) is 7.15. The molecule has 0 spiro atoms. The highest BCUT2D eigenvalue weighted by Gasteiger charge is 2.21. The molecular weight excluding hydrogens is 194 g/mol. The van der Waals surface area contributed by atoms with Crippen LogP contribution in [0.5, 0.6) is 0 Å². The molecule has 1 aliphatic rings. The SMILES string of the molecule is CC(=O)C1CCN(CC=O)CC1.COC. The summed E-state index contributed by atoms with van der Waals surface area (Å²) in [6.07, 6.45) is 2.76. The van der Waals surface area contributed by atoms with Crippen LogP contribution in [-0.2, 0) is 14.3 Å². The summed E-state index contributed by atoms with van der Waals surface area (Å²) in [4.78, 5) is 23.2. The van der Waals surface area contributed by atoms with Gasteiger partial charge in [0, 0.05) is 20.1 Å². The van der Waals surface area contributed by atoms with Gasteiger partial charge >= 0.3 is 0 Å². The van der Waals surface area contributed by atoms with Crippen molar-refractivity contribution in [1.82, 2.24) is 4.90 Å². The van der Waals surface area contributed by atoms with Gasteiger partial charge in [0.2, 0.25) is 0 Å². The van der Waals surface area contributed by atoms with Crippen LogP contribution in [-0.4, -0.2) is 50.8 Å². The Balaban J connectivity index is 0.000000583. The molecule has 4 nitrogen and oxygen atoms in total. The Hall–Kier alpha value is -0.740. The van der Waals surface area contributed by atoms with Gasteiger partial charge in [-0.15, -0.1) is 0 Å².